The molecule has 0 radical (unpaired) electrons. The molecule has 0 saturated carbocycles. The van der Waals surface area contributed by atoms with Crippen molar-refractivity contribution in [3.05, 3.63) is 35.8 Å². The lowest BCUT2D eigenvalue weighted by atomic mass is 9.86. The molecular formula is C20H29N3O3. The third-order valence-electron chi connectivity index (χ3n) is 5.91. The zero-order valence-corrected chi connectivity index (χ0v) is 16.1. The van der Waals surface area contributed by atoms with Crippen LogP contribution in [0.2, 0.25) is 0 Å². The van der Waals surface area contributed by atoms with E-state index < -0.39 is 0 Å². The van der Waals surface area contributed by atoms with E-state index in [1.807, 2.05) is 29.7 Å². The molecule has 142 valence electrons. The van der Waals surface area contributed by atoms with Crippen LogP contribution in [0.3, 0.4) is 0 Å². The number of hydrogen-bond donors (Lipinski definition) is 0. The molecule has 2 fully saturated rings. The Hall–Kier alpha value is -2.08. The van der Waals surface area contributed by atoms with Crippen LogP contribution in [0.4, 0.5) is 0 Å². The SMILES string of the molecule is C=CCN1CCC2(CCC1=O)CN(C(=O)c1cc(C)oc1C)CCN2C. The van der Waals surface area contributed by atoms with E-state index >= 15 is 0 Å². The van der Waals surface area contributed by atoms with E-state index in [-0.39, 0.29) is 17.4 Å². The van der Waals surface area contributed by atoms with Crippen LogP contribution >= 0.6 is 0 Å². The topological polar surface area (TPSA) is 57.0 Å². The number of furan rings is 1. The van der Waals surface area contributed by atoms with Gasteiger partial charge in [-0.3, -0.25) is 14.5 Å². The summed E-state index contributed by atoms with van der Waals surface area (Å²) in [5, 5.41) is 0. The smallest absolute Gasteiger partial charge is 0.257 e. The second kappa shape index (κ2) is 7.27. The molecule has 2 aliphatic heterocycles. The van der Waals surface area contributed by atoms with Crippen molar-refractivity contribution < 1.29 is 14.0 Å². The first-order chi connectivity index (χ1) is 12.4. The standard InChI is InChI=1S/C20H29N3O3/c1-5-9-22-10-8-20(7-6-18(22)24)14-23(12-11-21(20)4)19(25)17-13-15(2)26-16(17)3/h5,13H,1,6-12,14H2,2-4H3. The molecule has 0 aliphatic carbocycles. The first kappa shape index (κ1) is 18.7. The number of carbonyl (C=O) groups is 2. The molecule has 3 heterocycles. The number of amides is 2. The number of piperazine rings is 1. The molecule has 0 aromatic carbocycles. The summed E-state index contributed by atoms with van der Waals surface area (Å²) in [6.07, 6.45) is 3.95. The molecular weight excluding hydrogens is 330 g/mol. The summed E-state index contributed by atoms with van der Waals surface area (Å²) in [6.45, 7) is 10.9. The molecule has 1 unspecified atom stereocenters. The van der Waals surface area contributed by atoms with Crippen molar-refractivity contribution >= 4 is 11.8 Å². The van der Waals surface area contributed by atoms with Crippen molar-refractivity contribution in [3.8, 4) is 0 Å². The highest BCUT2D eigenvalue weighted by Gasteiger charge is 2.43. The van der Waals surface area contributed by atoms with Gasteiger partial charge < -0.3 is 14.2 Å². The molecule has 1 atom stereocenters. The molecule has 6 heteroatoms. The first-order valence-electron chi connectivity index (χ1n) is 9.32. The minimum absolute atomic E-state index is 0.0327. The van der Waals surface area contributed by atoms with Gasteiger partial charge in [0.15, 0.2) is 0 Å². The van der Waals surface area contributed by atoms with Crippen molar-refractivity contribution in [2.75, 3.05) is 39.8 Å². The van der Waals surface area contributed by atoms with Gasteiger partial charge in [0.25, 0.3) is 5.91 Å². The van der Waals surface area contributed by atoms with E-state index in [1.54, 1.807) is 6.08 Å². The summed E-state index contributed by atoms with van der Waals surface area (Å²) >= 11 is 0. The Kier molecular flexibility index (Phi) is 5.23. The highest BCUT2D eigenvalue weighted by molar-refractivity contribution is 5.95. The minimum atomic E-state index is -0.147. The average molecular weight is 359 g/mol. The van der Waals surface area contributed by atoms with Crippen LogP contribution in [0.15, 0.2) is 23.1 Å². The average Bonchev–Trinajstić information content (AvgIpc) is 2.87. The van der Waals surface area contributed by atoms with Crippen molar-refractivity contribution in [1.82, 2.24) is 14.7 Å². The lowest BCUT2D eigenvalue weighted by Crippen LogP contribution is -2.62. The zero-order valence-electron chi connectivity index (χ0n) is 16.1. The maximum Gasteiger partial charge on any atom is 0.257 e. The Morgan fingerprint density at radius 2 is 2.08 bits per heavy atom. The highest BCUT2D eigenvalue weighted by Crippen LogP contribution is 2.33. The van der Waals surface area contributed by atoms with E-state index in [9.17, 15) is 9.59 Å². The maximum atomic E-state index is 13.0. The van der Waals surface area contributed by atoms with Gasteiger partial charge in [-0.15, -0.1) is 6.58 Å². The lowest BCUT2D eigenvalue weighted by molar-refractivity contribution is -0.130. The van der Waals surface area contributed by atoms with Gasteiger partial charge in [-0.2, -0.15) is 0 Å². The fraction of sp³-hybridized carbons (Fsp3) is 0.600. The predicted molar refractivity (Wildman–Crippen MR) is 100 cm³/mol. The van der Waals surface area contributed by atoms with Crippen LogP contribution < -0.4 is 0 Å². The molecule has 0 bridgehead atoms. The number of rotatable bonds is 3. The van der Waals surface area contributed by atoms with Gasteiger partial charge in [-0.25, -0.2) is 0 Å². The Balaban J connectivity index is 1.79. The molecule has 6 nitrogen and oxygen atoms in total. The van der Waals surface area contributed by atoms with Gasteiger partial charge in [-0.1, -0.05) is 6.08 Å². The molecule has 0 N–H and O–H groups in total. The van der Waals surface area contributed by atoms with Gasteiger partial charge in [0.05, 0.1) is 5.56 Å². The third-order valence-corrected chi connectivity index (χ3v) is 5.91. The van der Waals surface area contributed by atoms with Gasteiger partial charge in [0.1, 0.15) is 11.5 Å². The molecule has 1 aromatic rings. The van der Waals surface area contributed by atoms with Crippen LogP contribution in [-0.4, -0.2) is 71.8 Å². The summed E-state index contributed by atoms with van der Waals surface area (Å²) in [7, 11) is 2.11. The second-order valence-corrected chi connectivity index (χ2v) is 7.58. The monoisotopic (exact) mass is 359 g/mol. The zero-order chi connectivity index (χ0) is 18.9. The Bertz CT molecular complexity index is 711. The second-order valence-electron chi connectivity index (χ2n) is 7.58. The summed E-state index contributed by atoms with van der Waals surface area (Å²) < 4.78 is 5.54. The van der Waals surface area contributed by atoms with E-state index in [0.29, 0.717) is 43.9 Å². The molecule has 26 heavy (non-hydrogen) atoms. The Morgan fingerprint density at radius 3 is 2.73 bits per heavy atom. The van der Waals surface area contributed by atoms with Crippen LogP contribution in [0.1, 0.15) is 41.1 Å². The number of nitrogens with zero attached hydrogens (tertiary/aromatic N) is 3. The number of likely N-dealkylation sites (tertiary alicyclic amines) is 1. The fourth-order valence-corrected chi connectivity index (χ4v) is 4.23. The number of hydrogen-bond acceptors (Lipinski definition) is 4. The number of likely N-dealkylation sites (N-methyl/N-ethyl adjacent to an activating group) is 1. The van der Waals surface area contributed by atoms with Crippen molar-refractivity contribution in [2.45, 2.75) is 38.6 Å². The Labute approximate surface area is 155 Å². The molecule has 2 saturated heterocycles. The van der Waals surface area contributed by atoms with Gasteiger partial charge in [0, 0.05) is 44.7 Å². The molecule has 1 spiro atoms. The fourth-order valence-electron chi connectivity index (χ4n) is 4.23. The van der Waals surface area contributed by atoms with Crippen molar-refractivity contribution in [3.63, 3.8) is 0 Å². The van der Waals surface area contributed by atoms with Crippen LogP contribution in [-0.2, 0) is 4.79 Å². The minimum Gasteiger partial charge on any atom is -0.466 e. The number of aryl methyl sites for hydroxylation is 2. The van der Waals surface area contributed by atoms with Crippen LogP contribution in [0, 0.1) is 13.8 Å². The molecule has 2 amide bonds. The van der Waals surface area contributed by atoms with Crippen LogP contribution in [0.5, 0.6) is 0 Å². The van der Waals surface area contributed by atoms with E-state index in [0.717, 1.165) is 25.1 Å². The predicted octanol–water partition coefficient (Wildman–Crippen LogP) is 2.22. The molecule has 1 aromatic heterocycles. The van der Waals surface area contributed by atoms with E-state index in [4.69, 9.17) is 4.42 Å². The third kappa shape index (κ3) is 3.43. The normalized spacial score (nSPS) is 24.8. The Morgan fingerprint density at radius 1 is 1.31 bits per heavy atom. The summed E-state index contributed by atoms with van der Waals surface area (Å²) in [4.78, 5) is 31.6. The van der Waals surface area contributed by atoms with Crippen molar-refractivity contribution in [2.24, 2.45) is 0 Å². The summed E-state index contributed by atoms with van der Waals surface area (Å²) in [5.74, 6) is 1.65. The van der Waals surface area contributed by atoms with Crippen LogP contribution in [0.25, 0.3) is 0 Å². The lowest BCUT2D eigenvalue weighted by Gasteiger charge is -2.49. The van der Waals surface area contributed by atoms with E-state index in [1.165, 1.54) is 0 Å². The van der Waals surface area contributed by atoms with Gasteiger partial charge >= 0.3 is 0 Å². The van der Waals surface area contributed by atoms with Gasteiger partial charge in [0.2, 0.25) is 5.91 Å². The molecule has 3 rings (SSSR count). The number of carbonyl (C=O) groups excluding carboxylic acids is 2. The molecule has 2 aliphatic rings. The highest BCUT2D eigenvalue weighted by atomic mass is 16.3. The van der Waals surface area contributed by atoms with E-state index in [2.05, 4.69) is 18.5 Å². The largest absolute Gasteiger partial charge is 0.466 e. The summed E-state index contributed by atoms with van der Waals surface area (Å²) in [6, 6.07) is 1.82. The quantitative estimate of drug-likeness (QED) is 0.777. The maximum absolute atomic E-state index is 13.0. The first-order valence-corrected chi connectivity index (χ1v) is 9.32. The van der Waals surface area contributed by atoms with Gasteiger partial charge in [-0.05, 0) is 39.8 Å². The van der Waals surface area contributed by atoms with Crippen molar-refractivity contribution in [1.29, 1.82) is 0 Å². The summed E-state index contributed by atoms with van der Waals surface area (Å²) in [5.41, 5.74) is 0.506.